The molecule has 0 bridgehead atoms. The highest BCUT2D eigenvalue weighted by molar-refractivity contribution is 6.33. The van der Waals surface area contributed by atoms with Crippen LogP contribution in [0.25, 0.3) is 0 Å². The zero-order valence-corrected chi connectivity index (χ0v) is 12.8. The van der Waals surface area contributed by atoms with Crippen molar-refractivity contribution in [2.75, 3.05) is 25.9 Å². The first-order valence-corrected chi connectivity index (χ1v) is 6.85. The van der Waals surface area contributed by atoms with Crippen LogP contribution in [0.4, 0.5) is 5.69 Å². The van der Waals surface area contributed by atoms with Crippen LogP contribution in [-0.2, 0) is 0 Å². The number of hydrogen-bond acceptors (Lipinski definition) is 5. The Morgan fingerprint density at radius 2 is 2.18 bits per heavy atom. The molecule has 2 heterocycles. The van der Waals surface area contributed by atoms with E-state index >= 15 is 0 Å². The highest BCUT2D eigenvalue weighted by Gasteiger charge is 2.22. The maximum Gasteiger partial charge on any atom is 0.258 e. The molecule has 6 nitrogen and oxygen atoms in total. The Labute approximate surface area is 132 Å². The standard InChI is InChI=1S/C15H13ClN2O4/c1-18(10-3-4-13(20-2)17-7-10)15(19)9-5-11(16)14-12(6-9)21-8-22-14/h3-7H,8H2,1-2H3. The van der Waals surface area contributed by atoms with Crippen molar-refractivity contribution in [1.82, 2.24) is 4.98 Å². The van der Waals surface area contributed by atoms with Crippen molar-refractivity contribution in [2.24, 2.45) is 0 Å². The predicted molar refractivity (Wildman–Crippen MR) is 81.1 cm³/mol. The molecule has 3 rings (SSSR count). The highest BCUT2D eigenvalue weighted by Crippen LogP contribution is 2.40. The number of rotatable bonds is 3. The van der Waals surface area contributed by atoms with Crippen molar-refractivity contribution < 1.29 is 19.0 Å². The molecule has 0 fully saturated rings. The van der Waals surface area contributed by atoms with Crippen molar-refractivity contribution in [3.05, 3.63) is 41.0 Å². The fourth-order valence-electron chi connectivity index (χ4n) is 2.09. The lowest BCUT2D eigenvalue weighted by Crippen LogP contribution is -2.26. The van der Waals surface area contributed by atoms with Gasteiger partial charge in [0.05, 0.1) is 24.0 Å². The van der Waals surface area contributed by atoms with E-state index in [1.54, 1.807) is 37.5 Å². The summed E-state index contributed by atoms with van der Waals surface area (Å²) >= 11 is 6.10. The van der Waals surface area contributed by atoms with Gasteiger partial charge in [0, 0.05) is 18.7 Å². The third-order valence-electron chi connectivity index (χ3n) is 3.30. The average molecular weight is 321 g/mol. The molecular weight excluding hydrogens is 308 g/mol. The zero-order valence-electron chi connectivity index (χ0n) is 12.0. The van der Waals surface area contributed by atoms with Gasteiger partial charge in [-0.05, 0) is 18.2 Å². The number of nitrogens with zero attached hydrogens (tertiary/aromatic N) is 2. The van der Waals surface area contributed by atoms with Crippen LogP contribution in [-0.4, -0.2) is 31.8 Å². The molecule has 2 aromatic rings. The second-order valence-corrected chi connectivity index (χ2v) is 5.02. The van der Waals surface area contributed by atoms with Crippen molar-refractivity contribution >= 4 is 23.2 Å². The minimum atomic E-state index is -0.229. The molecule has 0 atom stereocenters. The Hall–Kier alpha value is -2.47. The van der Waals surface area contributed by atoms with Crippen molar-refractivity contribution in [2.45, 2.75) is 0 Å². The molecule has 1 aromatic heterocycles. The van der Waals surface area contributed by atoms with Crippen LogP contribution in [0.5, 0.6) is 17.4 Å². The SMILES string of the molecule is COc1ccc(N(C)C(=O)c2cc(Cl)c3c(c2)OCO3)cn1. The van der Waals surface area contributed by atoms with Crippen LogP contribution in [0.1, 0.15) is 10.4 Å². The molecule has 0 N–H and O–H groups in total. The van der Waals surface area contributed by atoms with E-state index in [4.69, 9.17) is 25.8 Å². The van der Waals surface area contributed by atoms with E-state index in [2.05, 4.69) is 4.98 Å². The summed E-state index contributed by atoms with van der Waals surface area (Å²) in [7, 11) is 3.19. The van der Waals surface area contributed by atoms with Gasteiger partial charge in [-0.25, -0.2) is 4.98 Å². The monoisotopic (exact) mass is 320 g/mol. The fourth-order valence-corrected chi connectivity index (χ4v) is 2.36. The largest absolute Gasteiger partial charge is 0.481 e. The van der Waals surface area contributed by atoms with Crippen LogP contribution < -0.4 is 19.1 Å². The summed E-state index contributed by atoms with van der Waals surface area (Å²) in [6.45, 7) is 0.102. The smallest absolute Gasteiger partial charge is 0.258 e. The lowest BCUT2D eigenvalue weighted by Gasteiger charge is -2.17. The number of pyridine rings is 1. The summed E-state index contributed by atoms with van der Waals surface area (Å²) in [5, 5.41) is 0.347. The summed E-state index contributed by atoms with van der Waals surface area (Å²) in [5.41, 5.74) is 1.05. The Bertz CT molecular complexity index is 718. The summed E-state index contributed by atoms with van der Waals surface area (Å²) in [4.78, 5) is 18.1. The van der Waals surface area contributed by atoms with Gasteiger partial charge in [0.15, 0.2) is 11.5 Å². The molecule has 7 heteroatoms. The number of methoxy groups -OCH3 is 1. The molecule has 0 unspecified atom stereocenters. The molecule has 0 aliphatic carbocycles. The minimum Gasteiger partial charge on any atom is -0.481 e. The van der Waals surface area contributed by atoms with Gasteiger partial charge < -0.3 is 19.1 Å². The molecule has 1 aliphatic rings. The second kappa shape index (κ2) is 5.73. The number of anilines is 1. The van der Waals surface area contributed by atoms with E-state index < -0.39 is 0 Å². The van der Waals surface area contributed by atoms with E-state index in [0.717, 1.165) is 0 Å². The Morgan fingerprint density at radius 1 is 1.36 bits per heavy atom. The van der Waals surface area contributed by atoms with Crippen LogP contribution in [0.2, 0.25) is 5.02 Å². The number of carbonyl (C=O) groups excluding carboxylic acids is 1. The normalized spacial score (nSPS) is 12.1. The van der Waals surface area contributed by atoms with Gasteiger partial charge in [-0.1, -0.05) is 11.6 Å². The van der Waals surface area contributed by atoms with E-state index in [0.29, 0.717) is 33.7 Å². The lowest BCUT2D eigenvalue weighted by molar-refractivity contribution is 0.0992. The highest BCUT2D eigenvalue weighted by atomic mass is 35.5. The van der Waals surface area contributed by atoms with E-state index in [1.807, 2.05) is 0 Å². The number of amides is 1. The average Bonchev–Trinajstić information content (AvgIpc) is 3.02. The molecule has 0 saturated carbocycles. The van der Waals surface area contributed by atoms with E-state index in [9.17, 15) is 4.79 Å². The van der Waals surface area contributed by atoms with Gasteiger partial charge in [-0.2, -0.15) is 0 Å². The van der Waals surface area contributed by atoms with Crippen LogP contribution >= 0.6 is 11.6 Å². The zero-order chi connectivity index (χ0) is 15.7. The Balaban J connectivity index is 1.88. The number of carbonyl (C=O) groups is 1. The molecule has 114 valence electrons. The molecule has 0 radical (unpaired) electrons. The first-order chi connectivity index (χ1) is 10.6. The summed E-state index contributed by atoms with van der Waals surface area (Å²) in [6.07, 6.45) is 1.56. The van der Waals surface area contributed by atoms with Gasteiger partial charge in [0.1, 0.15) is 0 Å². The van der Waals surface area contributed by atoms with Crippen molar-refractivity contribution in [3.8, 4) is 17.4 Å². The summed E-state index contributed by atoms with van der Waals surface area (Å²) in [6, 6.07) is 6.61. The Morgan fingerprint density at radius 3 is 2.86 bits per heavy atom. The maximum atomic E-state index is 12.6. The molecule has 1 aliphatic heterocycles. The summed E-state index contributed by atoms with van der Waals surface area (Å²) in [5.74, 6) is 1.19. The van der Waals surface area contributed by atoms with E-state index in [1.165, 1.54) is 12.0 Å². The molecule has 1 amide bonds. The fraction of sp³-hybridized carbons (Fsp3) is 0.200. The van der Waals surface area contributed by atoms with Gasteiger partial charge in [-0.3, -0.25) is 4.79 Å². The minimum absolute atomic E-state index is 0.102. The van der Waals surface area contributed by atoms with Gasteiger partial charge >= 0.3 is 0 Å². The molecule has 0 spiro atoms. The van der Waals surface area contributed by atoms with Gasteiger partial charge in [-0.15, -0.1) is 0 Å². The third kappa shape index (κ3) is 2.53. The first-order valence-electron chi connectivity index (χ1n) is 6.47. The number of benzene rings is 1. The molecule has 22 heavy (non-hydrogen) atoms. The van der Waals surface area contributed by atoms with Gasteiger partial charge in [0.25, 0.3) is 5.91 Å². The topological polar surface area (TPSA) is 60.9 Å². The quantitative estimate of drug-likeness (QED) is 0.870. The van der Waals surface area contributed by atoms with Gasteiger partial charge in [0.2, 0.25) is 12.7 Å². The first kappa shape index (κ1) is 14.5. The van der Waals surface area contributed by atoms with Crippen molar-refractivity contribution in [3.63, 3.8) is 0 Å². The lowest BCUT2D eigenvalue weighted by atomic mass is 10.1. The van der Waals surface area contributed by atoms with Crippen LogP contribution in [0.3, 0.4) is 0 Å². The second-order valence-electron chi connectivity index (χ2n) is 4.61. The van der Waals surface area contributed by atoms with Crippen LogP contribution in [0, 0.1) is 0 Å². The maximum absolute atomic E-state index is 12.6. The number of fused-ring (bicyclic) bond motifs is 1. The molecular formula is C15H13ClN2O4. The number of aromatic nitrogens is 1. The number of ether oxygens (including phenoxy) is 3. The number of halogens is 1. The number of hydrogen-bond donors (Lipinski definition) is 0. The summed E-state index contributed by atoms with van der Waals surface area (Å²) < 4.78 is 15.5. The van der Waals surface area contributed by atoms with E-state index in [-0.39, 0.29) is 12.7 Å². The Kier molecular flexibility index (Phi) is 3.77. The van der Waals surface area contributed by atoms with Crippen LogP contribution in [0.15, 0.2) is 30.5 Å². The van der Waals surface area contributed by atoms with Crippen molar-refractivity contribution in [1.29, 1.82) is 0 Å². The molecule has 1 aromatic carbocycles. The predicted octanol–water partition coefficient (Wildman–Crippen LogP) is 2.75. The molecule has 0 saturated heterocycles. The third-order valence-corrected chi connectivity index (χ3v) is 3.58.